The molecular weight excluding hydrogens is 202 g/mol. The molecule has 0 aromatic rings. The van der Waals surface area contributed by atoms with E-state index in [9.17, 15) is 5.11 Å². The summed E-state index contributed by atoms with van der Waals surface area (Å²) in [6.45, 7) is 7.08. The van der Waals surface area contributed by atoms with Crippen LogP contribution in [0.5, 0.6) is 0 Å². The number of aliphatic hydroxyl groups is 1. The van der Waals surface area contributed by atoms with E-state index in [0.717, 1.165) is 25.2 Å². The summed E-state index contributed by atoms with van der Waals surface area (Å²) in [4.78, 5) is 4.63. The molecule has 3 heteroatoms. The lowest BCUT2D eigenvalue weighted by molar-refractivity contribution is 0.151. The number of aliphatic hydroxyl groups excluding tert-OH is 1. The first kappa shape index (κ1) is 13.5. The Labute approximate surface area is 98.9 Å². The van der Waals surface area contributed by atoms with Crippen molar-refractivity contribution in [3.05, 3.63) is 0 Å². The van der Waals surface area contributed by atoms with E-state index in [1.54, 1.807) is 0 Å². The van der Waals surface area contributed by atoms with E-state index in [1.807, 2.05) is 0 Å². The minimum Gasteiger partial charge on any atom is -0.478 e. The van der Waals surface area contributed by atoms with Crippen molar-refractivity contribution in [1.82, 2.24) is 0 Å². The van der Waals surface area contributed by atoms with Gasteiger partial charge in [-0.3, -0.25) is 0 Å². The van der Waals surface area contributed by atoms with Crippen LogP contribution in [0.2, 0.25) is 0 Å². The van der Waals surface area contributed by atoms with Gasteiger partial charge < -0.3 is 9.84 Å². The quantitative estimate of drug-likeness (QED) is 0.726. The minimum absolute atomic E-state index is 0.0945. The van der Waals surface area contributed by atoms with Gasteiger partial charge in [0, 0.05) is 5.92 Å². The molecule has 0 aliphatic carbocycles. The molecular formula is C13H25NO2. The van der Waals surface area contributed by atoms with E-state index < -0.39 is 0 Å². The average molecular weight is 227 g/mol. The van der Waals surface area contributed by atoms with Crippen LogP contribution in [0.25, 0.3) is 0 Å². The fourth-order valence-corrected chi connectivity index (χ4v) is 2.04. The predicted octanol–water partition coefficient (Wildman–Crippen LogP) is 2.77. The van der Waals surface area contributed by atoms with Gasteiger partial charge in [-0.2, -0.15) is 0 Å². The number of hydrogen-bond acceptors (Lipinski definition) is 3. The van der Waals surface area contributed by atoms with Crippen LogP contribution in [-0.2, 0) is 4.74 Å². The number of nitrogens with zero attached hydrogens (tertiary/aromatic N) is 1. The topological polar surface area (TPSA) is 41.8 Å². The Bertz CT molecular complexity index is 234. The Kier molecular flexibility index (Phi) is 5.26. The van der Waals surface area contributed by atoms with Crippen molar-refractivity contribution in [1.29, 1.82) is 0 Å². The second-order valence-corrected chi connectivity index (χ2v) is 4.72. The smallest absolute Gasteiger partial charge is 0.187 e. The molecule has 0 aromatic carbocycles. The normalized spacial score (nSPS) is 26.4. The van der Waals surface area contributed by atoms with Crippen molar-refractivity contribution in [2.24, 2.45) is 10.9 Å². The molecule has 0 saturated carbocycles. The molecule has 3 nitrogen and oxygen atoms in total. The largest absolute Gasteiger partial charge is 0.478 e. The molecule has 0 aromatic heterocycles. The van der Waals surface area contributed by atoms with E-state index in [4.69, 9.17) is 4.74 Å². The van der Waals surface area contributed by atoms with Crippen LogP contribution in [0.1, 0.15) is 52.9 Å². The molecule has 2 unspecified atom stereocenters. The molecule has 2 atom stereocenters. The lowest BCUT2D eigenvalue weighted by Crippen LogP contribution is -2.31. The van der Waals surface area contributed by atoms with Gasteiger partial charge >= 0.3 is 0 Å². The van der Waals surface area contributed by atoms with Crippen molar-refractivity contribution < 1.29 is 9.84 Å². The highest BCUT2D eigenvalue weighted by Crippen LogP contribution is 2.27. The van der Waals surface area contributed by atoms with E-state index in [-0.39, 0.29) is 12.1 Å². The van der Waals surface area contributed by atoms with Gasteiger partial charge in [-0.15, -0.1) is 0 Å². The molecule has 1 rings (SSSR count). The molecule has 0 fully saturated rings. The van der Waals surface area contributed by atoms with Gasteiger partial charge in [-0.05, 0) is 19.3 Å². The average Bonchev–Trinajstić information content (AvgIpc) is 2.75. The van der Waals surface area contributed by atoms with Gasteiger partial charge in [-0.1, -0.05) is 33.6 Å². The highest BCUT2D eigenvalue weighted by atomic mass is 16.5. The van der Waals surface area contributed by atoms with Crippen LogP contribution >= 0.6 is 0 Å². The number of rotatable bonds is 7. The maximum Gasteiger partial charge on any atom is 0.187 e. The number of aliphatic imine (C=N–C) groups is 1. The molecule has 0 radical (unpaired) electrons. The van der Waals surface area contributed by atoms with Crippen LogP contribution in [0.3, 0.4) is 0 Å². The Balaban J connectivity index is 2.65. The summed E-state index contributed by atoms with van der Waals surface area (Å²) in [6.07, 6.45) is 5.50. The summed E-state index contributed by atoms with van der Waals surface area (Å²) in [5.74, 6) is 1.33. The number of unbranched alkanes of at least 4 members (excludes halogenated alkanes) is 1. The fourth-order valence-electron chi connectivity index (χ4n) is 2.04. The first-order valence-electron chi connectivity index (χ1n) is 6.54. The SMILES string of the molecule is CCCCC(CC)C1=NC(CC)(CO)CO1. The van der Waals surface area contributed by atoms with Crippen molar-refractivity contribution >= 4 is 5.90 Å². The standard InChI is InChI=1S/C13H25NO2/c1-4-7-8-11(5-2)12-14-13(6-3,9-15)10-16-12/h11,15H,4-10H2,1-3H3. The third-order valence-corrected chi connectivity index (χ3v) is 3.54. The molecule has 1 aliphatic rings. The molecule has 0 saturated heterocycles. The van der Waals surface area contributed by atoms with Gasteiger partial charge in [0.1, 0.15) is 12.1 Å². The van der Waals surface area contributed by atoms with Gasteiger partial charge in [0.2, 0.25) is 0 Å². The van der Waals surface area contributed by atoms with Gasteiger partial charge in [-0.25, -0.2) is 4.99 Å². The van der Waals surface area contributed by atoms with Gasteiger partial charge in [0.05, 0.1) is 6.61 Å². The second kappa shape index (κ2) is 6.24. The molecule has 1 aliphatic heterocycles. The summed E-state index contributed by atoms with van der Waals surface area (Å²) >= 11 is 0. The molecule has 0 bridgehead atoms. The molecule has 94 valence electrons. The van der Waals surface area contributed by atoms with Crippen molar-refractivity contribution in [3.8, 4) is 0 Å². The van der Waals surface area contributed by atoms with Crippen molar-refractivity contribution in [3.63, 3.8) is 0 Å². The minimum atomic E-state index is -0.352. The Morgan fingerprint density at radius 1 is 1.44 bits per heavy atom. The third-order valence-electron chi connectivity index (χ3n) is 3.54. The molecule has 1 N–H and O–H groups in total. The Morgan fingerprint density at radius 3 is 2.62 bits per heavy atom. The summed E-state index contributed by atoms with van der Waals surface area (Å²) in [5.41, 5.74) is -0.352. The maximum atomic E-state index is 9.38. The van der Waals surface area contributed by atoms with Crippen LogP contribution in [0.4, 0.5) is 0 Å². The summed E-state index contributed by atoms with van der Waals surface area (Å²) in [6, 6.07) is 0. The Hall–Kier alpha value is -0.570. The van der Waals surface area contributed by atoms with Crippen LogP contribution < -0.4 is 0 Å². The number of hydrogen-bond donors (Lipinski definition) is 1. The highest BCUT2D eigenvalue weighted by molar-refractivity contribution is 5.80. The van der Waals surface area contributed by atoms with Crippen LogP contribution in [0, 0.1) is 5.92 Å². The van der Waals surface area contributed by atoms with Crippen LogP contribution in [0.15, 0.2) is 4.99 Å². The lowest BCUT2D eigenvalue weighted by atomic mass is 9.98. The van der Waals surface area contributed by atoms with Gasteiger partial charge in [0.25, 0.3) is 0 Å². The third kappa shape index (κ3) is 2.97. The van der Waals surface area contributed by atoms with E-state index >= 15 is 0 Å². The molecule has 16 heavy (non-hydrogen) atoms. The zero-order valence-electron chi connectivity index (χ0n) is 10.8. The van der Waals surface area contributed by atoms with E-state index in [0.29, 0.717) is 12.5 Å². The first-order chi connectivity index (χ1) is 7.71. The summed E-state index contributed by atoms with van der Waals surface area (Å²) < 4.78 is 5.69. The number of ether oxygens (including phenoxy) is 1. The second-order valence-electron chi connectivity index (χ2n) is 4.72. The van der Waals surface area contributed by atoms with Crippen molar-refractivity contribution in [2.45, 2.75) is 58.4 Å². The zero-order chi connectivity index (χ0) is 12.0. The van der Waals surface area contributed by atoms with E-state index in [1.165, 1.54) is 12.8 Å². The first-order valence-corrected chi connectivity index (χ1v) is 6.54. The highest BCUT2D eigenvalue weighted by Gasteiger charge is 2.36. The fraction of sp³-hybridized carbons (Fsp3) is 0.923. The van der Waals surface area contributed by atoms with Crippen LogP contribution in [-0.4, -0.2) is 29.8 Å². The molecule has 0 spiro atoms. The summed E-state index contributed by atoms with van der Waals surface area (Å²) in [7, 11) is 0. The zero-order valence-corrected chi connectivity index (χ0v) is 10.8. The monoisotopic (exact) mass is 227 g/mol. The Morgan fingerprint density at radius 2 is 2.19 bits per heavy atom. The summed E-state index contributed by atoms with van der Waals surface area (Å²) in [5, 5.41) is 9.38. The van der Waals surface area contributed by atoms with E-state index in [2.05, 4.69) is 25.8 Å². The van der Waals surface area contributed by atoms with Gasteiger partial charge in [0.15, 0.2) is 5.90 Å². The molecule has 1 heterocycles. The predicted molar refractivity (Wildman–Crippen MR) is 66.8 cm³/mol. The molecule has 0 amide bonds. The van der Waals surface area contributed by atoms with Crippen molar-refractivity contribution in [2.75, 3.05) is 13.2 Å². The maximum absolute atomic E-state index is 9.38. The lowest BCUT2D eigenvalue weighted by Gasteiger charge is -2.17.